The third-order valence-electron chi connectivity index (χ3n) is 10.2. The minimum atomic E-state index is -0.362. The molecule has 9 rings (SSSR count). The average molecular weight is 598 g/mol. The van der Waals surface area contributed by atoms with Crippen molar-refractivity contribution < 1.29 is 0 Å². The SMILES string of the molecule is CC(C)c1ccc2c(c1)C1(c3cc(C(C)C)ccc3-2)c2ccccc2-c2c(Nc3ccc4c(c3)sc3ccccc34)cccc21. The summed E-state index contributed by atoms with van der Waals surface area (Å²) in [6, 6.07) is 46.1. The lowest BCUT2D eigenvalue weighted by atomic mass is 9.69. The van der Waals surface area contributed by atoms with Crippen molar-refractivity contribution in [3.8, 4) is 22.3 Å². The van der Waals surface area contributed by atoms with Gasteiger partial charge < -0.3 is 5.32 Å². The first kappa shape index (κ1) is 26.7. The molecule has 1 heterocycles. The van der Waals surface area contributed by atoms with Crippen molar-refractivity contribution in [3.63, 3.8) is 0 Å². The number of thiophene rings is 1. The Morgan fingerprint density at radius 1 is 0.511 bits per heavy atom. The zero-order chi connectivity index (χ0) is 30.4. The predicted octanol–water partition coefficient (Wildman–Crippen LogP) is 12.4. The second kappa shape index (κ2) is 9.67. The lowest BCUT2D eigenvalue weighted by molar-refractivity contribution is 0.777. The van der Waals surface area contributed by atoms with Crippen LogP contribution in [0.4, 0.5) is 11.4 Å². The summed E-state index contributed by atoms with van der Waals surface area (Å²) in [5.74, 6) is 0.908. The molecule has 45 heavy (non-hydrogen) atoms. The molecule has 0 saturated carbocycles. The van der Waals surface area contributed by atoms with Gasteiger partial charge in [0.2, 0.25) is 0 Å². The maximum absolute atomic E-state index is 3.90. The van der Waals surface area contributed by atoms with Crippen LogP contribution in [0.15, 0.2) is 121 Å². The highest BCUT2D eigenvalue weighted by atomic mass is 32.1. The lowest BCUT2D eigenvalue weighted by Crippen LogP contribution is -2.26. The molecule has 0 aliphatic heterocycles. The van der Waals surface area contributed by atoms with Crippen LogP contribution in [0.5, 0.6) is 0 Å². The van der Waals surface area contributed by atoms with Gasteiger partial charge in [0.1, 0.15) is 0 Å². The van der Waals surface area contributed by atoms with Gasteiger partial charge in [0.25, 0.3) is 0 Å². The highest BCUT2D eigenvalue weighted by molar-refractivity contribution is 7.25. The Balaban J connectivity index is 1.30. The molecule has 0 atom stereocenters. The third kappa shape index (κ3) is 3.66. The summed E-state index contributed by atoms with van der Waals surface area (Å²) >= 11 is 1.87. The van der Waals surface area contributed by atoms with Gasteiger partial charge in [-0.15, -0.1) is 11.3 Å². The summed E-state index contributed by atoms with van der Waals surface area (Å²) in [5, 5.41) is 6.56. The van der Waals surface area contributed by atoms with Gasteiger partial charge in [0.15, 0.2) is 0 Å². The Bertz CT molecular complexity index is 2260. The van der Waals surface area contributed by atoms with Gasteiger partial charge in [-0.3, -0.25) is 0 Å². The summed E-state index contributed by atoms with van der Waals surface area (Å²) in [4.78, 5) is 0. The van der Waals surface area contributed by atoms with Crippen molar-refractivity contribution in [2.45, 2.75) is 44.9 Å². The fourth-order valence-electron chi connectivity index (χ4n) is 8.05. The van der Waals surface area contributed by atoms with Crippen LogP contribution < -0.4 is 5.32 Å². The molecule has 0 saturated heterocycles. The van der Waals surface area contributed by atoms with Crippen LogP contribution in [-0.4, -0.2) is 0 Å². The van der Waals surface area contributed by atoms with Gasteiger partial charge >= 0.3 is 0 Å². The number of nitrogens with one attached hydrogen (secondary N) is 1. The van der Waals surface area contributed by atoms with E-state index in [9.17, 15) is 0 Å². The molecule has 0 unspecified atom stereocenters. The lowest BCUT2D eigenvalue weighted by Gasteiger charge is -2.31. The average Bonchev–Trinajstić information content (AvgIpc) is 3.68. The summed E-state index contributed by atoms with van der Waals surface area (Å²) in [7, 11) is 0. The Hall–Kier alpha value is -4.66. The van der Waals surface area contributed by atoms with Crippen molar-refractivity contribution in [1.82, 2.24) is 0 Å². The third-order valence-corrected chi connectivity index (χ3v) is 11.4. The molecule has 2 aliphatic carbocycles. The van der Waals surface area contributed by atoms with Crippen molar-refractivity contribution >= 4 is 42.9 Å². The molecule has 0 amide bonds. The Labute approximate surface area is 269 Å². The molecular weight excluding hydrogens is 563 g/mol. The molecule has 1 nitrogen and oxygen atoms in total. The van der Waals surface area contributed by atoms with E-state index in [0.717, 1.165) is 11.4 Å². The maximum atomic E-state index is 3.90. The van der Waals surface area contributed by atoms with Crippen LogP contribution in [-0.2, 0) is 5.41 Å². The first-order valence-corrected chi connectivity index (χ1v) is 17.0. The summed E-state index contributed by atoms with van der Waals surface area (Å²) in [5.41, 5.74) is 15.7. The molecule has 1 aromatic heterocycles. The molecule has 1 spiro atoms. The minimum absolute atomic E-state index is 0.362. The highest BCUT2D eigenvalue weighted by Gasteiger charge is 2.52. The monoisotopic (exact) mass is 597 g/mol. The molecule has 6 aromatic carbocycles. The standard InChI is InChI=1S/C43H35NS/c1-25(2)27-16-19-30-31-20-17-28(26(3)4)23-38(31)43(37(30)22-27)35-12-7-5-11-34(35)42-36(43)13-9-14-39(42)44-29-18-21-33-32-10-6-8-15-40(32)45-41(33)24-29/h5-26,44H,1-4H3. The number of fused-ring (bicyclic) bond motifs is 13. The van der Waals surface area contributed by atoms with Crippen LogP contribution in [0.3, 0.4) is 0 Å². The van der Waals surface area contributed by atoms with E-state index in [0.29, 0.717) is 11.8 Å². The Morgan fingerprint density at radius 3 is 1.89 bits per heavy atom. The first-order valence-electron chi connectivity index (χ1n) is 16.2. The number of hydrogen-bond donors (Lipinski definition) is 1. The molecule has 7 aromatic rings. The summed E-state index contributed by atoms with van der Waals surface area (Å²) in [6.07, 6.45) is 0. The number of benzene rings is 6. The van der Waals surface area contributed by atoms with Gasteiger partial charge in [0.05, 0.1) is 5.41 Å². The van der Waals surface area contributed by atoms with E-state index in [2.05, 4.69) is 154 Å². The van der Waals surface area contributed by atoms with E-state index in [4.69, 9.17) is 0 Å². The van der Waals surface area contributed by atoms with Crippen LogP contribution in [0, 0.1) is 0 Å². The fourth-order valence-corrected chi connectivity index (χ4v) is 9.19. The zero-order valence-electron chi connectivity index (χ0n) is 26.1. The van der Waals surface area contributed by atoms with E-state index < -0.39 is 0 Å². The molecule has 218 valence electrons. The molecule has 2 heteroatoms. The molecular formula is C43H35NS. The van der Waals surface area contributed by atoms with Crippen molar-refractivity contribution in [3.05, 3.63) is 155 Å². The van der Waals surface area contributed by atoms with Crippen LogP contribution in [0.25, 0.3) is 42.4 Å². The smallest absolute Gasteiger partial charge is 0.0726 e. The van der Waals surface area contributed by atoms with E-state index in [1.54, 1.807) is 0 Å². The normalized spacial score (nSPS) is 13.9. The molecule has 0 radical (unpaired) electrons. The van der Waals surface area contributed by atoms with E-state index in [1.165, 1.54) is 75.8 Å². The largest absolute Gasteiger partial charge is 0.355 e. The quantitative estimate of drug-likeness (QED) is 0.213. The van der Waals surface area contributed by atoms with Crippen molar-refractivity contribution in [2.24, 2.45) is 0 Å². The topological polar surface area (TPSA) is 12.0 Å². The number of anilines is 2. The Morgan fingerprint density at radius 2 is 1.16 bits per heavy atom. The Kier molecular flexibility index (Phi) is 5.74. The number of hydrogen-bond acceptors (Lipinski definition) is 2. The van der Waals surface area contributed by atoms with Gasteiger partial charge in [0, 0.05) is 37.1 Å². The molecule has 0 bridgehead atoms. The van der Waals surface area contributed by atoms with Crippen LogP contribution >= 0.6 is 11.3 Å². The zero-order valence-corrected chi connectivity index (χ0v) is 26.9. The fraction of sp³-hybridized carbons (Fsp3) is 0.163. The van der Waals surface area contributed by atoms with Crippen molar-refractivity contribution in [2.75, 3.05) is 5.32 Å². The second-order valence-electron chi connectivity index (χ2n) is 13.4. The van der Waals surface area contributed by atoms with Crippen LogP contribution in [0.2, 0.25) is 0 Å². The summed E-state index contributed by atoms with van der Waals surface area (Å²) in [6.45, 7) is 9.22. The summed E-state index contributed by atoms with van der Waals surface area (Å²) < 4.78 is 2.65. The van der Waals surface area contributed by atoms with Gasteiger partial charge in [-0.25, -0.2) is 0 Å². The van der Waals surface area contributed by atoms with E-state index in [-0.39, 0.29) is 5.41 Å². The van der Waals surface area contributed by atoms with Crippen LogP contribution in [0.1, 0.15) is 72.9 Å². The number of rotatable bonds is 4. The molecule has 0 fully saturated rings. The maximum Gasteiger partial charge on any atom is 0.0726 e. The second-order valence-corrected chi connectivity index (χ2v) is 14.5. The van der Waals surface area contributed by atoms with Gasteiger partial charge in [-0.2, -0.15) is 0 Å². The predicted molar refractivity (Wildman–Crippen MR) is 194 cm³/mol. The van der Waals surface area contributed by atoms with Gasteiger partial charge in [-0.05, 0) is 86.2 Å². The minimum Gasteiger partial charge on any atom is -0.355 e. The highest BCUT2D eigenvalue weighted by Crippen LogP contribution is 2.64. The first-order chi connectivity index (χ1) is 21.9. The molecule has 2 aliphatic rings. The molecule has 1 N–H and O–H groups in total. The van der Waals surface area contributed by atoms with E-state index in [1.807, 2.05) is 11.3 Å². The van der Waals surface area contributed by atoms with Gasteiger partial charge in [-0.1, -0.05) is 125 Å². The van der Waals surface area contributed by atoms with E-state index >= 15 is 0 Å². The van der Waals surface area contributed by atoms with Crippen molar-refractivity contribution in [1.29, 1.82) is 0 Å².